The maximum Gasteiger partial charge on any atom is 0.251 e. The number of aromatic nitrogens is 3. The topological polar surface area (TPSA) is 98.5 Å². The number of halogens is 1. The monoisotopic (exact) mass is 367 g/mol. The molecule has 26 heavy (non-hydrogen) atoms. The number of nitrogens with two attached hydrogens (primary N) is 1. The Hall–Kier alpha value is -3.32. The van der Waals surface area contributed by atoms with E-state index in [0.29, 0.717) is 35.2 Å². The van der Waals surface area contributed by atoms with E-state index in [9.17, 15) is 4.79 Å². The zero-order chi connectivity index (χ0) is 18.1. The summed E-state index contributed by atoms with van der Waals surface area (Å²) >= 11 is 5.79. The molecule has 3 heterocycles. The summed E-state index contributed by atoms with van der Waals surface area (Å²) in [4.78, 5) is 16.8. The Morgan fingerprint density at radius 3 is 2.73 bits per heavy atom. The van der Waals surface area contributed by atoms with Gasteiger partial charge in [0.1, 0.15) is 5.82 Å². The van der Waals surface area contributed by atoms with Crippen molar-refractivity contribution in [1.82, 2.24) is 19.9 Å². The van der Waals surface area contributed by atoms with Gasteiger partial charge >= 0.3 is 0 Å². The molecule has 3 N–H and O–H groups in total. The lowest BCUT2D eigenvalue weighted by molar-refractivity contribution is 0.0951. The summed E-state index contributed by atoms with van der Waals surface area (Å²) in [6.45, 7) is 0.424. The Morgan fingerprint density at radius 2 is 2.00 bits per heavy atom. The molecule has 0 saturated heterocycles. The van der Waals surface area contributed by atoms with E-state index < -0.39 is 0 Å². The minimum absolute atomic E-state index is 0.242. The Balaban J connectivity index is 1.60. The minimum Gasteiger partial charge on any atom is -0.441 e. The molecule has 1 amide bonds. The van der Waals surface area contributed by atoms with Crippen LogP contribution in [0.15, 0.2) is 59.0 Å². The molecule has 0 bridgehead atoms. The predicted octanol–water partition coefficient (Wildman–Crippen LogP) is 3.15. The summed E-state index contributed by atoms with van der Waals surface area (Å²) in [5.41, 5.74) is 7.88. The van der Waals surface area contributed by atoms with Crippen molar-refractivity contribution in [3.63, 3.8) is 0 Å². The lowest BCUT2D eigenvalue weighted by Crippen LogP contribution is -2.23. The molecule has 0 fully saturated rings. The molecule has 1 aromatic carbocycles. The molecule has 7 nitrogen and oxygen atoms in total. The average Bonchev–Trinajstić information content (AvgIpc) is 3.27. The number of hydrogen-bond acceptors (Lipinski definition) is 5. The normalized spacial score (nSPS) is 11.0. The Morgan fingerprint density at radius 1 is 1.19 bits per heavy atom. The van der Waals surface area contributed by atoms with Crippen LogP contribution in [-0.4, -0.2) is 20.5 Å². The van der Waals surface area contributed by atoms with Crippen LogP contribution in [0, 0.1) is 0 Å². The number of nitrogens with zero attached hydrogens (tertiary/aromatic N) is 3. The van der Waals surface area contributed by atoms with Gasteiger partial charge in [0.25, 0.3) is 5.91 Å². The van der Waals surface area contributed by atoms with Crippen molar-refractivity contribution < 1.29 is 9.21 Å². The highest BCUT2D eigenvalue weighted by atomic mass is 35.5. The summed E-state index contributed by atoms with van der Waals surface area (Å²) in [5.74, 6) is 0.816. The largest absolute Gasteiger partial charge is 0.441 e. The quantitative estimate of drug-likeness (QED) is 0.577. The van der Waals surface area contributed by atoms with Gasteiger partial charge in [-0.25, -0.2) is 4.98 Å². The second-order valence-electron chi connectivity index (χ2n) is 5.65. The van der Waals surface area contributed by atoms with E-state index in [0.717, 1.165) is 5.56 Å². The standard InChI is InChI=1S/C18H14ClN5O2/c19-14-7-6-13(26-14)17-22-16-9-12(8-15(20)24(16)23-17)18(25)21-10-11-4-2-1-3-5-11/h1-9H,10,20H2,(H,21,25). The number of anilines is 1. The van der Waals surface area contributed by atoms with E-state index >= 15 is 0 Å². The molecule has 130 valence electrons. The average molecular weight is 368 g/mol. The summed E-state index contributed by atoms with van der Waals surface area (Å²) in [6.07, 6.45) is 0. The Labute approximate surface area is 153 Å². The summed E-state index contributed by atoms with van der Waals surface area (Å²) in [6, 6.07) is 16.1. The first-order valence-corrected chi connectivity index (χ1v) is 8.22. The summed E-state index contributed by atoms with van der Waals surface area (Å²) in [5, 5.41) is 7.39. The van der Waals surface area contributed by atoms with Crippen molar-refractivity contribution in [3.05, 3.63) is 70.9 Å². The molecule has 3 aromatic heterocycles. The molecular weight excluding hydrogens is 354 g/mol. The first-order chi connectivity index (χ1) is 12.6. The van der Waals surface area contributed by atoms with Crippen molar-refractivity contribution in [2.45, 2.75) is 6.54 Å². The molecular formula is C18H14ClN5O2. The van der Waals surface area contributed by atoms with Crippen LogP contribution in [0.5, 0.6) is 0 Å². The molecule has 8 heteroatoms. The van der Waals surface area contributed by atoms with Crippen LogP contribution in [-0.2, 0) is 6.54 Å². The van der Waals surface area contributed by atoms with Crippen molar-refractivity contribution in [3.8, 4) is 11.6 Å². The predicted molar refractivity (Wildman–Crippen MR) is 97.7 cm³/mol. The first-order valence-electron chi connectivity index (χ1n) is 7.84. The third-order valence-electron chi connectivity index (χ3n) is 3.82. The van der Waals surface area contributed by atoms with Crippen molar-refractivity contribution in [1.29, 1.82) is 0 Å². The van der Waals surface area contributed by atoms with Crippen LogP contribution in [0.25, 0.3) is 17.2 Å². The van der Waals surface area contributed by atoms with Gasteiger partial charge in [-0.1, -0.05) is 30.3 Å². The molecule has 0 spiro atoms. The number of rotatable bonds is 4. The second kappa shape index (κ2) is 6.53. The highest BCUT2D eigenvalue weighted by Gasteiger charge is 2.15. The molecule has 4 rings (SSSR count). The zero-order valence-corrected chi connectivity index (χ0v) is 14.3. The second-order valence-corrected chi connectivity index (χ2v) is 6.02. The molecule has 0 radical (unpaired) electrons. The Kier molecular flexibility index (Phi) is 4.06. The van der Waals surface area contributed by atoms with E-state index in [1.807, 2.05) is 30.3 Å². The van der Waals surface area contributed by atoms with Crippen LogP contribution in [0.4, 0.5) is 5.82 Å². The highest BCUT2D eigenvalue weighted by molar-refractivity contribution is 6.28. The number of carbonyl (C=O) groups is 1. The first kappa shape index (κ1) is 16.2. The van der Waals surface area contributed by atoms with E-state index in [2.05, 4.69) is 15.4 Å². The molecule has 0 atom stereocenters. The fourth-order valence-corrected chi connectivity index (χ4v) is 2.71. The number of fused-ring (bicyclic) bond motifs is 1. The minimum atomic E-state index is -0.242. The van der Waals surface area contributed by atoms with Gasteiger partial charge in [-0.3, -0.25) is 4.79 Å². The fraction of sp³-hybridized carbons (Fsp3) is 0.0556. The fourth-order valence-electron chi connectivity index (χ4n) is 2.56. The molecule has 0 aliphatic heterocycles. The van der Waals surface area contributed by atoms with Crippen LogP contribution >= 0.6 is 11.6 Å². The van der Waals surface area contributed by atoms with Gasteiger partial charge in [0, 0.05) is 12.1 Å². The van der Waals surface area contributed by atoms with Gasteiger partial charge in [-0.2, -0.15) is 4.52 Å². The summed E-state index contributed by atoms with van der Waals surface area (Å²) in [7, 11) is 0. The number of benzene rings is 1. The van der Waals surface area contributed by atoms with Gasteiger partial charge in [-0.15, -0.1) is 5.10 Å². The number of amides is 1. The third kappa shape index (κ3) is 3.12. The number of nitrogens with one attached hydrogen (secondary N) is 1. The van der Waals surface area contributed by atoms with Gasteiger partial charge in [0.05, 0.1) is 0 Å². The molecule has 0 aliphatic rings. The van der Waals surface area contributed by atoms with E-state index in [1.54, 1.807) is 24.3 Å². The van der Waals surface area contributed by atoms with Crippen molar-refractivity contribution >= 4 is 29.0 Å². The number of carbonyl (C=O) groups excluding carboxylic acids is 1. The SMILES string of the molecule is Nc1cc(C(=O)NCc2ccccc2)cc2nc(-c3ccc(Cl)o3)nn12. The molecule has 4 aromatic rings. The van der Waals surface area contributed by atoms with Gasteiger partial charge in [-0.05, 0) is 41.4 Å². The van der Waals surface area contributed by atoms with Crippen LogP contribution in [0.3, 0.4) is 0 Å². The van der Waals surface area contributed by atoms with E-state index in [4.69, 9.17) is 21.8 Å². The lowest BCUT2D eigenvalue weighted by Gasteiger charge is -2.06. The third-order valence-corrected chi connectivity index (χ3v) is 4.02. The number of pyridine rings is 1. The van der Waals surface area contributed by atoms with Crippen LogP contribution < -0.4 is 11.1 Å². The van der Waals surface area contributed by atoms with Crippen LogP contribution in [0.2, 0.25) is 5.22 Å². The van der Waals surface area contributed by atoms with Gasteiger partial charge in [0.2, 0.25) is 5.82 Å². The number of hydrogen-bond donors (Lipinski definition) is 2. The lowest BCUT2D eigenvalue weighted by atomic mass is 10.2. The molecule has 0 aliphatic carbocycles. The van der Waals surface area contributed by atoms with Crippen molar-refractivity contribution in [2.75, 3.05) is 5.73 Å². The molecule has 0 saturated carbocycles. The molecule has 0 unspecified atom stereocenters. The maximum absolute atomic E-state index is 12.4. The Bertz CT molecular complexity index is 1090. The highest BCUT2D eigenvalue weighted by Crippen LogP contribution is 2.23. The summed E-state index contributed by atoms with van der Waals surface area (Å²) < 4.78 is 6.76. The van der Waals surface area contributed by atoms with Crippen molar-refractivity contribution in [2.24, 2.45) is 0 Å². The van der Waals surface area contributed by atoms with Gasteiger partial charge < -0.3 is 15.5 Å². The number of furan rings is 1. The van der Waals surface area contributed by atoms with E-state index in [-0.39, 0.29) is 11.1 Å². The maximum atomic E-state index is 12.4. The van der Waals surface area contributed by atoms with Gasteiger partial charge in [0.15, 0.2) is 16.6 Å². The number of nitrogen functional groups attached to an aromatic ring is 1. The van der Waals surface area contributed by atoms with Crippen LogP contribution in [0.1, 0.15) is 15.9 Å². The zero-order valence-electron chi connectivity index (χ0n) is 13.5. The van der Waals surface area contributed by atoms with E-state index in [1.165, 1.54) is 4.52 Å². The smallest absolute Gasteiger partial charge is 0.251 e.